The van der Waals surface area contributed by atoms with E-state index in [1.165, 1.54) is 24.4 Å². The van der Waals surface area contributed by atoms with Crippen molar-refractivity contribution in [2.75, 3.05) is 25.5 Å². The summed E-state index contributed by atoms with van der Waals surface area (Å²) in [6.07, 6.45) is 1.83. The van der Waals surface area contributed by atoms with E-state index in [4.69, 9.17) is 9.47 Å². The van der Waals surface area contributed by atoms with Crippen LogP contribution in [0, 0.1) is 6.92 Å². The molecule has 0 unspecified atom stereocenters. The van der Waals surface area contributed by atoms with Gasteiger partial charge in [0.15, 0.2) is 11.5 Å². The van der Waals surface area contributed by atoms with Crippen molar-refractivity contribution in [3.05, 3.63) is 93.8 Å². The molecule has 0 saturated heterocycles. The third kappa shape index (κ3) is 5.59. The smallest absolute Gasteiger partial charge is 0.261 e. The van der Waals surface area contributed by atoms with Gasteiger partial charge in [-0.05, 0) is 60.9 Å². The highest BCUT2D eigenvalue weighted by atomic mass is 32.2. The number of hydrogen-bond acceptors (Lipinski definition) is 6. The fourth-order valence-corrected chi connectivity index (χ4v) is 5.03. The van der Waals surface area contributed by atoms with Crippen LogP contribution in [0.2, 0.25) is 0 Å². The van der Waals surface area contributed by atoms with Crippen LogP contribution in [0.25, 0.3) is 10.9 Å². The number of methoxy groups -OCH3 is 2. The van der Waals surface area contributed by atoms with E-state index in [1.807, 2.05) is 18.2 Å². The van der Waals surface area contributed by atoms with E-state index in [0.29, 0.717) is 29.1 Å². The third-order valence-corrected chi connectivity index (χ3v) is 7.31. The molecule has 1 heterocycles. The number of hydrogen-bond donors (Lipinski definition) is 3. The minimum atomic E-state index is -3.96. The first-order chi connectivity index (χ1) is 17.7. The first-order valence-corrected chi connectivity index (χ1v) is 12.9. The van der Waals surface area contributed by atoms with Gasteiger partial charge in [0.25, 0.3) is 15.9 Å². The zero-order valence-electron chi connectivity index (χ0n) is 20.6. The zero-order chi connectivity index (χ0) is 26.6. The Balaban J connectivity index is 1.53. The standard InChI is InChI=1S/C27H27N3O6S/c1-17-6-4-5-7-22(17)30-37(33,34)19-9-10-23-20(15-19)26(31)21(16-29-23)27(32)28-13-12-18-8-11-24(35-2)25(14-18)36-3/h4-11,14-16,30H,12-13H2,1-3H3,(H,28,32)(H,29,31). The van der Waals surface area contributed by atoms with Crippen LogP contribution in [0.1, 0.15) is 21.5 Å². The number of benzene rings is 3. The fraction of sp³-hybridized carbons (Fsp3) is 0.185. The number of fused-ring (bicyclic) bond motifs is 1. The second kappa shape index (κ2) is 10.8. The van der Waals surface area contributed by atoms with Crippen LogP contribution in [0.3, 0.4) is 0 Å². The van der Waals surface area contributed by atoms with Crippen molar-refractivity contribution in [1.29, 1.82) is 0 Å². The molecular weight excluding hydrogens is 494 g/mol. The van der Waals surface area contributed by atoms with E-state index in [9.17, 15) is 18.0 Å². The molecule has 0 spiro atoms. The number of aromatic amines is 1. The molecule has 1 amide bonds. The summed E-state index contributed by atoms with van der Waals surface area (Å²) in [6.45, 7) is 2.07. The van der Waals surface area contributed by atoms with Gasteiger partial charge in [0.05, 0.1) is 24.8 Å². The molecule has 3 aromatic carbocycles. The number of aromatic nitrogens is 1. The number of ether oxygens (including phenoxy) is 2. The van der Waals surface area contributed by atoms with Gasteiger partial charge in [0.2, 0.25) is 5.43 Å². The average Bonchev–Trinajstić information content (AvgIpc) is 2.89. The third-order valence-electron chi connectivity index (χ3n) is 5.94. The Bertz CT molecular complexity index is 1630. The van der Waals surface area contributed by atoms with Crippen LogP contribution in [-0.2, 0) is 16.4 Å². The molecule has 4 rings (SSSR count). The molecule has 192 valence electrons. The maximum atomic E-state index is 13.1. The highest BCUT2D eigenvalue weighted by Crippen LogP contribution is 2.27. The maximum absolute atomic E-state index is 13.1. The van der Waals surface area contributed by atoms with Gasteiger partial charge in [0.1, 0.15) is 5.56 Å². The first kappa shape index (κ1) is 25.8. The van der Waals surface area contributed by atoms with Gasteiger partial charge >= 0.3 is 0 Å². The Hall–Kier alpha value is -4.31. The molecule has 37 heavy (non-hydrogen) atoms. The number of nitrogens with one attached hydrogen (secondary N) is 3. The molecule has 10 heteroatoms. The zero-order valence-corrected chi connectivity index (χ0v) is 21.4. The van der Waals surface area contributed by atoms with Crippen LogP contribution in [0.5, 0.6) is 11.5 Å². The lowest BCUT2D eigenvalue weighted by Crippen LogP contribution is -2.30. The van der Waals surface area contributed by atoms with E-state index in [-0.39, 0.29) is 22.4 Å². The topological polar surface area (TPSA) is 127 Å². The predicted molar refractivity (Wildman–Crippen MR) is 142 cm³/mol. The largest absolute Gasteiger partial charge is 0.493 e. The van der Waals surface area contributed by atoms with E-state index in [0.717, 1.165) is 11.1 Å². The molecule has 0 fully saturated rings. The monoisotopic (exact) mass is 521 g/mol. The Morgan fingerprint density at radius 2 is 1.73 bits per heavy atom. The number of amides is 1. The van der Waals surface area contributed by atoms with Gasteiger partial charge in [-0.25, -0.2) is 8.42 Å². The van der Waals surface area contributed by atoms with Gasteiger partial charge in [-0.3, -0.25) is 14.3 Å². The number of para-hydroxylation sites is 1. The molecular formula is C27H27N3O6S. The molecule has 9 nitrogen and oxygen atoms in total. The first-order valence-electron chi connectivity index (χ1n) is 11.5. The molecule has 3 N–H and O–H groups in total. The van der Waals surface area contributed by atoms with Crippen molar-refractivity contribution in [2.45, 2.75) is 18.2 Å². The Morgan fingerprint density at radius 1 is 0.973 bits per heavy atom. The summed E-state index contributed by atoms with van der Waals surface area (Å²) >= 11 is 0. The Kier molecular flexibility index (Phi) is 7.49. The number of anilines is 1. The second-order valence-corrected chi connectivity index (χ2v) is 10.0. The van der Waals surface area contributed by atoms with Crippen molar-refractivity contribution in [3.8, 4) is 11.5 Å². The molecule has 0 aliphatic heterocycles. The highest BCUT2D eigenvalue weighted by Gasteiger charge is 2.19. The van der Waals surface area contributed by atoms with Crippen LogP contribution in [0.15, 0.2) is 76.6 Å². The summed E-state index contributed by atoms with van der Waals surface area (Å²) in [7, 11) is -0.855. The maximum Gasteiger partial charge on any atom is 0.261 e. The van der Waals surface area contributed by atoms with Crippen LogP contribution in [0.4, 0.5) is 5.69 Å². The normalized spacial score (nSPS) is 11.2. The molecule has 4 aromatic rings. The second-order valence-electron chi connectivity index (χ2n) is 8.35. The molecule has 0 saturated carbocycles. The number of carbonyl (C=O) groups excluding carboxylic acids is 1. The van der Waals surface area contributed by atoms with Crippen LogP contribution >= 0.6 is 0 Å². The number of sulfonamides is 1. The summed E-state index contributed by atoms with van der Waals surface area (Å²) in [6, 6.07) is 16.6. The van der Waals surface area contributed by atoms with Crippen molar-refractivity contribution >= 4 is 32.5 Å². The molecule has 1 aromatic heterocycles. The lowest BCUT2D eigenvalue weighted by molar-refractivity contribution is 0.0953. The summed E-state index contributed by atoms with van der Waals surface area (Å²) in [5, 5.41) is 2.84. The van der Waals surface area contributed by atoms with Gasteiger partial charge in [-0.15, -0.1) is 0 Å². The molecule has 0 aliphatic carbocycles. The minimum Gasteiger partial charge on any atom is -0.493 e. The lowest BCUT2D eigenvalue weighted by atomic mass is 10.1. The SMILES string of the molecule is COc1ccc(CCNC(=O)c2c[nH]c3ccc(S(=O)(=O)Nc4ccccc4C)cc3c2=O)cc1OC. The summed E-state index contributed by atoms with van der Waals surface area (Å²) in [5.41, 5.74) is 1.87. The fourth-order valence-electron chi connectivity index (χ4n) is 3.88. The number of carbonyl (C=O) groups is 1. The molecule has 0 bridgehead atoms. The van der Waals surface area contributed by atoms with Crippen LogP contribution in [-0.4, -0.2) is 40.1 Å². The number of rotatable bonds is 9. The van der Waals surface area contributed by atoms with Crippen molar-refractivity contribution in [1.82, 2.24) is 10.3 Å². The van der Waals surface area contributed by atoms with Crippen molar-refractivity contribution in [2.24, 2.45) is 0 Å². The Labute approximate surface area is 214 Å². The van der Waals surface area contributed by atoms with E-state index in [2.05, 4.69) is 15.0 Å². The summed E-state index contributed by atoms with van der Waals surface area (Å²) < 4.78 is 39.0. The molecule has 0 radical (unpaired) electrons. The van der Waals surface area contributed by atoms with Crippen LogP contribution < -0.4 is 24.9 Å². The minimum absolute atomic E-state index is 0.0836. The van der Waals surface area contributed by atoms with Gasteiger partial charge in [0, 0.05) is 23.6 Å². The highest BCUT2D eigenvalue weighted by molar-refractivity contribution is 7.92. The van der Waals surface area contributed by atoms with E-state index < -0.39 is 21.4 Å². The molecule has 0 atom stereocenters. The quantitative estimate of drug-likeness (QED) is 0.309. The number of aryl methyl sites for hydroxylation is 1. The van der Waals surface area contributed by atoms with E-state index in [1.54, 1.807) is 45.4 Å². The average molecular weight is 522 g/mol. The van der Waals surface area contributed by atoms with Crippen molar-refractivity contribution in [3.63, 3.8) is 0 Å². The summed E-state index contributed by atoms with van der Waals surface area (Å²) in [4.78, 5) is 28.7. The molecule has 0 aliphatic rings. The number of H-pyrrole nitrogens is 1. The van der Waals surface area contributed by atoms with Gasteiger partial charge in [-0.1, -0.05) is 24.3 Å². The predicted octanol–water partition coefficient (Wildman–Crippen LogP) is 3.63. The van der Waals surface area contributed by atoms with Gasteiger partial charge < -0.3 is 19.8 Å². The Morgan fingerprint density at radius 3 is 2.46 bits per heavy atom. The lowest BCUT2D eigenvalue weighted by Gasteiger charge is -2.11. The number of pyridine rings is 1. The summed E-state index contributed by atoms with van der Waals surface area (Å²) in [5.74, 6) is 0.628. The van der Waals surface area contributed by atoms with Gasteiger partial charge in [-0.2, -0.15) is 0 Å². The van der Waals surface area contributed by atoms with Crippen molar-refractivity contribution < 1.29 is 22.7 Å². The van der Waals surface area contributed by atoms with E-state index >= 15 is 0 Å².